The third kappa shape index (κ3) is 8.75. The number of benzene rings is 1. The number of aliphatic hydroxyl groups excluding tert-OH is 2. The van der Waals surface area contributed by atoms with Gasteiger partial charge < -0.3 is 25.7 Å². The number of aliphatic carboxylic acids is 2. The van der Waals surface area contributed by atoms with E-state index in [1.165, 1.54) is 44.5 Å². The highest BCUT2D eigenvalue weighted by Crippen LogP contribution is 2.31. The molecule has 168 valence electrons. The minimum absolute atomic E-state index is 0.737. The van der Waals surface area contributed by atoms with E-state index >= 15 is 0 Å². The standard InChI is InChI=1S/C16H22Cl2N2.C4H6O6/c17-15-5-14(6-16(18)7-15)11-20(9-12-1-2-12)10-13-3-4-19-8-13;5-1(3(7)8)2(6)4(9)10/h5-7,12-13,19H,1-4,8-11H2;1-2,5-6H,(H,7,8)(H,9,10)/t13-;1-,2-/m11/s1. The molecule has 1 aliphatic heterocycles. The molecular weight excluding hydrogens is 435 g/mol. The highest BCUT2D eigenvalue weighted by atomic mass is 35.5. The van der Waals surface area contributed by atoms with Gasteiger partial charge in [-0.05, 0) is 68.0 Å². The number of rotatable bonds is 9. The first-order valence-electron chi connectivity index (χ1n) is 9.85. The third-order valence-corrected chi connectivity index (χ3v) is 5.46. The summed E-state index contributed by atoms with van der Waals surface area (Å²) >= 11 is 12.2. The van der Waals surface area contributed by atoms with Crippen molar-refractivity contribution in [2.45, 2.75) is 38.0 Å². The molecule has 1 aliphatic carbocycles. The van der Waals surface area contributed by atoms with Gasteiger partial charge in [-0.2, -0.15) is 0 Å². The van der Waals surface area contributed by atoms with Crippen LogP contribution in [0.3, 0.4) is 0 Å². The Hall–Kier alpha value is -1.42. The van der Waals surface area contributed by atoms with Gasteiger partial charge in [-0.15, -0.1) is 0 Å². The molecule has 2 aliphatic rings. The lowest BCUT2D eigenvalue weighted by Gasteiger charge is -2.25. The molecule has 1 aromatic rings. The Morgan fingerprint density at radius 3 is 1.93 bits per heavy atom. The maximum Gasteiger partial charge on any atom is 0.335 e. The van der Waals surface area contributed by atoms with Crippen molar-refractivity contribution in [3.8, 4) is 0 Å². The summed E-state index contributed by atoms with van der Waals surface area (Å²) < 4.78 is 0. The summed E-state index contributed by atoms with van der Waals surface area (Å²) in [6.45, 7) is 5.71. The normalized spacial score (nSPS) is 20.4. The van der Waals surface area contributed by atoms with Gasteiger partial charge in [0.05, 0.1) is 0 Å². The molecule has 0 amide bonds. The highest BCUT2D eigenvalue weighted by Gasteiger charge is 2.29. The summed E-state index contributed by atoms with van der Waals surface area (Å²) in [5, 5.41) is 37.5. The third-order valence-electron chi connectivity index (χ3n) is 5.03. The zero-order valence-electron chi connectivity index (χ0n) is 16.5. The Bertz CT molecular complexity index is 687. The number of aliphatic hydroxyl groups is 2. The largest absolute Gasteiger partial charge is 0.479 e. The minimum atomic E-state index is -2.27. The second kappa shape index (κ2) is 11.8. The molecule has 3 rings (SSSR count). The van der Waals surface area contributed by atoms with Gasteiger partial charge in [0.1, 0.15) is 0 Å². The molecule has 2 fully saturated rings. The second-order valence-electron chi connectivity index (χ2n) is 7.84. The fourth-order valence-corrected chi connectivity index (χ4v) is 3.91. The lowest BCUT2D eigenvalue weighted by molar-refractivity contribution is -0.165. The van der Waals surface area contributed by atoms with Gasteiger partial charge in [-0.1, -0.05) is 23.2 Å². The van der Waals surface area contributed by atoms with Gasteiger partial charge in [0, 0.05) is 29.7 Å². The lowest BCUT2D eigenvalue weighted by atomic mass is 10.1. The van der Waals surface area contributed by atoms with Gasteiger partial charge in [0.25, 0.3) is 0 Å². The fourth-order valence-electron chi connectivity index (χ4n) is 3.34. The maximum absolute atomic E-state index is 9.77. The van der Waals surface area contributed by atoms with Crippen LogP contribution in [0.5, 0.6) is 0 Å². The molecule has 3 atom stereocenters. The molecule has 5 N–H and O–H groups in total. The van der Waals surface area contributed by atoms with Crippen molar-refractivity contribution in [2.24, 2.45) is 11.8 Å². The van der Waals surface area contributed by atoms with E-state index in [1.54, 1.807) is 6.07 Å². The van der Waals surface area contributed by atoms with E-state index in [-0.39, 0.29) is 0 Å². The number of nitrogens with one attached hydrogen (secondary N) is 1. The number of halogens is 2. The van der Waals surface area contributed by atoms with Crippen molar-refractivity contribution >= 4 is 35.1 Å². The zero-order valence-corrected chi connectivity index (χ0v) is 18.0. The summed E-state index contributed by atoms with van der Waals surface area (Å²) in [5.74, 6) is -1.83. The van der Waals surface area contributed by atoms with Crippen molar-refractivity contribution in [1.82, 2.24) is 10.2 Å². The highest BCUT2D eigenvalue weighted by molar-refractivity contribution is 6.34. The molecule has 0 spiro atoms. The smallest absolute Gasteiger partial charge is 0.335 e. The first-order valence-corrected chi connectivity index (χ1v) is 10.6. The number of hydrogen-bond acceptors (Lipinski definition) is 6. The Kier molecular flexibility index (Phi) is 9.80. The number of hydrogen-bond donors (Lipinski definition) is 5. The zero-order chi connectivity index (χ0) is 22.3. The molecule has 10 heteroatoms. The van der Waals surface area contributed by atoms with Crippen LogP contribution in [-0.2, 0) is 16.1 Å². The van der Waals surface area contributed by atoms with Gasteiger partial charge in [0.2, 0.25) is 0 Å². The average molecular weight is 463 g/mol. The fraction of sp³-hybridized carbons (Fsp3) is 0.600. The molecule has 1 aromatic carbocycles. The Labute approximate surface area is 185 Å². The SMILES string of the molecule is Clc1cc(Cl)cc(CN(CC2CC2)C[C@@H]2CCNC2)c1.O=C(O)[C@H](O)[C@@H](O)C(=O)O. The van der Waals surface area contributed by atoms with E-state index in [4.69, 9.17) is 43.6 Å². The number of carboxylic acid groups (broad SMARTS) is 2. The van der Waals surface area contributed by atoms with Crippen LogP contribution >= 0.6 is 23.2 Å². The van der Waals surface area contributed by atoms with Crippen molar-refractivity contribution in [3.05, 3.63) is 33.8 Å². The van der Waals surface area contributed by atoms with Gasteiger partial charge in [-0.3, -0.25) is 4.90 Å². The van der Waals surface area contributed by atoms with Crippen molar-refractivity contribution in [2.75, 3.05) is 26.2 Å². The number of nitrogens with zero attached hydrogens (tertiary/aromatic N) is 1. The quantitative estimate of drug-likeness (QED) is 0.374. The van der Waals surface area contributed by atoms with Gasteiger partial charge in [0.15, 0.2) is 12.2 Å². The first-order chi connectivity index (χ1) is 14.2. The molecule has 0 unspecified atom stereocenters. The van der Waals surface area contributed by atoms with Crippen molar-refractivity contribution < 1.29 is 30.0 Å². The van der Waals surface area contributed by atoms with Crippen molar-refractivity contribution in [3.63, 3.8) is 0 Å². The minimum Gasteiger partial charge on any atom is -0.479 e. The number of carbonyl (C=O) groups is 2. The lowest BCUT2D eigenvalue weighted by Crippen LogP contribution is -2.39. The van der Waals surface area contributed by atoms with Crippen LogP contribution in [0, 0.1) is 11.8 Å². The summed E-state index contributed by atoms with van der Waals surface area (Å²) in [5.41, 5.74) is 1.23. The van der Waals surface area contributed by atoms with Gasteiger partial charge >= 0.3 is 11.9 Å². The molecular formula is C20H28Cl2N2O6. The average Bonchev–Trinajstić information content (AvgIpc) is 3.32. The molecule has 0 aromatic heterocycles. The van der Waals surface area contributed by atoms with Crippen molar-refractivity contribution in [1.29, 1.82) is 0 Å². The van der Waals surface area contributed by atoms with E-state index in [9.17, 15) is 9.59 Å². The number of carboxylic acids is 2. The molecule has 0 bridgehead atoms. The van der Waals surface area contributed by atoms with E-state index in [0.717, 1.165) is 35.0 Å². The van der Waals surface area contributed by atoms with Crippen LogP contribution < -0.4 is 5.32 Å². The van der Waals surface area contributed by atoms with Crippen LogP contribution in [0.25, 0.3) is 0 Å². The monoisotopic (exact) mass is 462 g/mol. The van der Waals surface area contributed by atoms with E-state index in [2.05, 4.69) is 10.2 Å². The topological polar surface area (TPSA) is 130 Å². The van der Waals surface area contributed by atoms with Crippen LogP contribution in [0.2, 0.25) is 10.0 Å². The molecule has 0 radical (unpaired) electrons. The first kappa shape index (κ1) is 24.8. The van der Waals surface area contributed by atoms with Crippen LogP contribution in [0.15, 0.2) is 18.2 Å². The van der Waals surface area contributed by atoms with Crippen LogP contribution in [0.4, 0.5) is 0 Å². The second-order valence-corrected chi connectivity index (χ2v) is 8.71. The maximum atomic E-state index is 9.77. The summed E-state index contributed by atoms with van der Waals surface area (Å²) in [6.07, 6.45) is -0.432. The van der Waals surface area contributed by atoms with Gasteiger partial charge in [-0.25, -0.2) is 9.59 Å². The van der Waals surface area contributed by atoms with Crippen LogP contribution in [0.1, 0.15) is 24.8 Å². The predicted molar refractivity (Wildman–Crippen MR) is 113 cm³/mol. The molecule has 8 nitrogen and oxygen atoms in total. The molecule has 1 heterocycles. The van der Waals surface area contributed by atoms with E-state index in [1.807, 2.05) is 12.1 Å². The Balaban J connectivity index is 0.000000274. The Morgan fingerprint density at radius 2 is 1.50 bits per heavy atom. The molecule has 1 saturated carbocycles. The molecule has 30 heavy (non-hydrogen) atoms. The van der Waals surface area contributed by atoms with Crippen LogP contribution in [-0.4, -0.2) is 75.7 Å². The summed E-state index contributed by atoms with van der Waals surface area (Å²) in [7, 11) is 0. The summed E-state index contributed by atoms with van der Waals surface area (Å²) in [4.78, 5) is 22.1. The Morgan fingerprint density at radius 1 is 0.967 bits per heavy atom. The summed E-state index contributed by atoms with van der Waals surface area (Å²) in [6, 6.07) is 5.89. The van der Waals surface area contributed by atoms with E-state index in [0.29, 0.717) is 0 Å². The van der Waals surface area contributed by atoms with E-state index < -0.39 is 24.1 Å². The predicted octanol–water partition coefficient (Wildman–Crippen LogP) is 1.69. The molecule has 1 saturated heterocycles.